The Morgan fingerprint density at radius 1 is 1.24 bits per heavy atom. The van der Waals surface area contributed by atoms with Crippen molar-refractivity contribution in [3.8, 4) is 22.8 Å². The molecule has 0 saturated carbocycles. The number of aromatic nitrogens is 1. The summed E-state index contributed by atoms with van der Waals surface area (Å²) in [5, 5.41) is 0. The Hall–Kier alpha value is -1.79. The van der Waals surface area contributed by atoms with Gasteiger partial charge in [-0.2, -0.15) is 0 Å². The third-order valence-electron chi connectivity index (χ3n) is 3.64. The Balaban J connectivity index is 1.96. The summed E-state index contributed by atoms with van der Waals surface area (Å²) in [5.74, 6) is 1.48. The van der Waals surface area contributed by atoms with Crippen LogP contribution in [0.4, 0.5) is 0 Å². The molecule has 0 radical (unpaired) electrons. The third kappa shape index (κ3) is 2.82. The summed E-state index contributed by atoms with van der Waals surface area (Å²) in [4.78, 5) is 18.0. The first-order valence-corrected chi connectivity index (χ1v) is 7.87. The van der Waals surface area contributed by atoms with Crippen molar-refractivity contribution in [1.29, 1.82) is 0 Å². The van der Waals surface area contributed by atoms with E-state index in [4.69, 9.17) is 9.47 Å². The predicted octanol–water partition coefficient (Wildman–Crippen LogP) is 2.67. The van der Waals surface area contributed by atoms with Crippen LogP contribution in [0.5, 0.6) is 11.5 Å². The standard InChI is InChI=1S/C15H18N2O3S/c1-3-17(4-2)8-13-14(16-15(18)21-13)10-5-6-11-12(7-10)20-9-19-11/h5-7H,3-4,8-9H2,1-2H3,(H,16,18). The Morgan fingerprint density at radius 2 is 2.00 bits per heavy atom. The molecule has 3 rings (SSSR count). The molecular formula is C15H18N2O3S. The Labute approximate surface area is 127 Å². The van der Waals surface area contributed by atoms with Crippen LogP contribution < -0.4 is 14.3 Å². The highest BCUT2D eigenvalue weighted by molar-refractivity contribution is 7.09. The monoisotopic (exact) mass is 306 g/mol. The van der Waals surface area contributed by atoms with Gasteiger partial charge in [0.15, 0.2) is 11.5 Å². The molecule has 0 unspecified atom stereocenters. The van der Waals surface area contributed by atoms with Gasteiger partial charge >= 0.3 is 4.87 Å². The number of nitrogens with one attached hydrogen (secondary N) is 1. The third-order valence-corrected chi connectivity index (χ3v) is 4.51. The fourth-order valence-corrected chi connectivity index (χ4v) is 3.30. The van der Waals surface area contributed by atoms with E-state index in [2.05, 4.69) is 23.7 Å². The van der Waals surface area contributed by atoms with Crippen molar-refractivity contribution in [2.75, 3.05) is 19.9 Å². The van der Waals surface area contributed by atoms with Crippen molar-refractivity contribution in [2.45, 2.75) is 20.4 Å². The number of hydrogen-bond acceptors (Lipinski definition) is 5. The van der Waals surface area contributed by atoms with Gasteiger partial charge in [0.1, 0.15) is 0 Å². The number of rotatable bonds is 5. The summed E-state index contributed by atoms with van der Waals surface area (Å²) in [6.45, 7) is 7.20. The molecule has 0 spiro atoms. The fourth-order valence-electron chi connectivity index (χ4n) is 2.41. The van der Waals surface area contributed by atoms with Crippen LogP contribution in [0.1, 0.15) is 18.7 Å². The van der Waals surface area contributed by atoms with Gasteiger partial charge in [-0.3, -0.25) is 9.69 Å². The Kier molecular flexibility index (Phi) is 3.98. The highest BCUT2D eigenvalue weighted by atomic mass is 32.1. The molecule has 1 aliphatic rings. The topological polar surface area (TPSA) is 54.6 Å². The molecule has 1 N–H and O–H groups in total. The zero-order chi connectivity index (χ0) is 14.8. The fraction of sp³-hybridized carbons (Fsp3) is 0.400. The molecule has 2 heterocycles. The largest absolute Gasteiger partial charge is 0.454 e. The van der Waals surface area contributed by atoms with Crippen LogP contribution in [0.3, 0.4) is 0 Å². The van der Waals surface area contributed by atoms with E-state index in [9.17, 15) is 4.79 Å². The second kappa shape index (κ2) is 5.91. The highest BCUT2D eigenvalue weighted by Crippen LogP contribution is 2.36. The molecule has 21 heavy (non-hydrogen) atoms. The lowest BCUT2D eigenvalue weighted by atomic mass is 10.1. The van der Waals surface area contributed by atoms with Crippen LogP contribution in [0.2, 0.25) is 0 Å². The van der Waals surface area contributed by atoms with Gasteiger partial charge in [-0.1, -0.05) is 25.2 Å². The molecule has 1 aromatic heterocycles. The smallest absolute Gasteiger partial charge is 0.305 e. The SMILES string of the molecule is CCN(CC)Cc1sc(=O)[nH]c1-c1ccc2c(c1)OCO2. The van der Waals surface area contributed by atoms with Crippen molar-refractivity contribution < 1.29 is 9.47 Å². The van der Waals surface area contributed by atoms with Gasteiger partial charge < -0.3 is 14.5 Å². The predicted molar refractivity (Wildman–Crippen MR) is 83.1 cm³/mol. The Bertz CT molecular complexity index is 688. The summed E-state index contributed by atoms with van der Waals surface area (Å²) in [6, 6.07) is 5.76. The zero-order valence-electron chi connectivity index (χ0n) is 12.1. The summed E-state index contributed by atoms with van der Waals surface area (Å²) >= 11 is 1.28. The van der Waals surface area contributed by atoms with Gasteiger partial charge in [0.2, 0.25) is 6.79 Å². The number of ether oxygens (including phenoxy) is 2. The van der Waals surface area contributed by atoms with E-state index < -0.39 is 0 Å². The van der Waals surface area contributed by atoms with E-state index in [1.54, 1.807) is 0 Å². The van der Waals surface area contributed by atoms with Gasteiger partial charge in [0.25, 0.3) is 0 Å². The maximum absolute atomic E-state index is 11.8. The molecule has 1 aromatic carbocycles. The maximum Gasteiger partial charge on any atom is 0.305 e. The number of aromatic amines is 1. The van der Waals surface area contributed by atoms with Gasteiger partial charge in [0, 0.05) is 17.0 Å². The lowest BCUT2D eigenvalue weighted by molar-refractivity contribution is 0.174. The number of nitrogens with zero attached hydrogens (tertiary/aromatic N) is 1. The van der Waals surface area contributed by atoms with Crippen LogP contribution in [-0.4, -0.2) is 29.8 Å². The first kappa shape index (κ1) is 14.2. The lowest BCUT2D eigenvalue weighted by Crippen LogP contribution is -2.21. The molecule has 1 aliphatic heterocycles. The van der Waals surface area contributed by atoms with Crippen LogP contribution in [-0.2, 0) is 6.54 Å². The van der Waals surface area contributed by atoms with Crippen LogP contribution >= 0.6 is 11.3 Å². The van der Waals surface area contributed by atoms with Crippen molar-refractivity contribution in [2.24, 2.45) is 0 Å². The number of hydrogen-bond donors (Lipinski definition) is 1. The molecule has 0 aliphatic carbocycles. The lowest BCUT2D eigenvalue weighted by Gasteiger charge is -2.17. The minimum Gasteiger partial charge on any atom is -0.454 e. The van der Waals surface area contributed by atoms with Crippen molar-refractivity contribution in [3.63, 3.8) is 0 Å². The molecule has 0 amide bonds. The molecule has 2 aromatic rings. The summed E-state index contributed by atoms with van der Waals surface area (Å²) in [5.41, 5.74) is 1.84. The van der Waals surface area contributed by atoms with Gasteiger partial charge in [-0.15, -0.1) is 0 Å². The van der Waals surface area contributed by atoms with Gasteiger partial charge in [-0.05, 0) is 31.3 Å². The molecule has 6 heteroatoms. The molecular weight excluding hydrogens is 288 g/mol. The number of fused-ring (bicyclic) bond motifs is 1. The summed E-state index contributed by atoms with van der Waals surface area (Å²) < 4.78 is 10.7. The molecule has 112 valence electrons. The molecule has 0 fully saturated rings. The minimum absolute atomic E-state index is 0.0233. The first-order chi connectivity index (χ1) is 10.2. The van der Waals surface area contributed by atoms with Crippen molar-refractivity contribution in [1.82, 2.24) is 9.88 Å². The normalized spacial score (nSPS) is 13.1. The van der Waals surface area contributed by atoms with E-state index in [1.807, 2.05) is 18.2 Å². The summed E-state index contributed by atoms with van der Waals surface area (Å²) in [6.07, 6.45) is 0. The van der Waals surface area contributed by atoms with Gasteiger partial charge in [-0.25, -0.2) is 0 Å². The molecule has 5 nitrogen and oxygen atoms in total. The summed E-state index contributed by atoms with van der Waals surface area (Å²) in [7, 11) is 0. The Morgan fingerprint density at radius 3 is 2.76 bits per heavy atom. The number of H-pyrrole nitrogens is 1. The number of benzene rings is 1. The maximum atomic E-state index is 11.8. The minimum atomic E-state index is -0.0233. The zero-order valence-corrected chi connectivity index (χ0v) is 13.0. The average molecular weight is 306 g/mol. The van der Waals surface area contributed by atoms with Crippen LogP contribution in [0.15, 0.2) is 23.0 Å². The van der Waals surface area contributed by atoms with Crippen molar-refractivity contribution in [3.05, 3.63) is 32.7 Å². The van der Waals surface area contributed by atoms with Crippen molar-refractivity contribution >= 4 is 11.3 Å². The second-order valence-electron chi connectivity index (χ2n) is 4.84. The average Bonchev–Trinajstić information content (AvgIpc) is 3.09. The van der Waals surface area contributed by atoms with E-state index >= 15 is 0 Å². The highest BCUT2D eigenvalue weighted by Gasteiger charge is 2.17. The van der Waals surface area contributed by atoms with Gasteiger partial charge in [0.05, 0.1) is 5.69 Å². The molecule has 0 saturated heterocycles. The van der Waals surface area contributed by atoms with Crippen LogP contribution in [0, 0.1) is 0 Å². The number of thiazole rings is 1. The van der Waals surface area contributed by atoms with E-state index in [0.29, 0.717) is 0 Å². The quantitative estimate of drug-likeness (QED) is 0.923. The van der Waals surface area contributed by atoms with E-state index in [1.165, 1.54) is 11.3 Å². The first-order valence-electron chi connectivity index (χ1n) is 7.05. The molecule has 0 atom stereocenters. The van der Waals surface area contributed by atoms with E-state index in [-0.39, 0.29) is 11.7 Å². The van der Waals surface area contributed by atoms with E-state index in [0.717, 1.165) is 47.3 Å². The second-order valence-corrected chi connectivity index (χ2v) is 5.91. The van der Waals surface area contributed by atoms with Crippen LogP contribution in [0.25, 0.3) is 11.3 Å². The molecule has 0 bridgehead atoms.